The van der Waals surface area contributed by atoms with E-state index in [1.165, 1.54) is 12.0 Å². The summed E-state index contributed by atoms with van der Waals surface area (Å²) in [6, 6.07) is 6.02. The summed E-state index contributed by atoms with van der Waals surface area (Å²) >= 11 is 0. The lowest BCUT2D eigenvalue weighted by atomic mass is 9.87. The second-order valence-electron chi connectivity index (χ2n) is 12.9. The highest BCUT2D eigenvalue weighted by Gasteiger charge is 2.32. The maximum absolute atomic E-state index is 13.8. The number of nitrogens with two attached hydrogens (primary N) is 3. The molecule has 0 bridgehead atoms. The number of hydrogen-bond acceptors (Lipinski definition) is 17. The Morgan fingerprint density at radius 3 is 1.68 bits per heavy atom. The summed E-state index contributed by atoms with van der Waals surface area (Å²) in [7, 11) is -1.75. The van der Waals surface area contributed by atoms with Gasteiger partial charge in [0.1, 0.15) is 0 Å². The molecule has 0 radical (unpaired) electrons. The summed E-state index contributed by atoms with van der Waals surface area (Å²) in [5.74, 6) is 13.4. The monoisotopic (exact) mass is 834 g/mol. The fourth-order valence-electron chi connectivity index (χ4n) is 5.76. The number of amides is 4. The van der Waals surface area contributed by atoms with Crippen LogP contribution in [0.1, 0.15) is 38.2 Å². The number of anilines is 1. The molecular weight excluding hydrogens is 771 g/mol. The van der Waals surface area contributed by atoms with Gasteiger partial charge in [-0.25, -0.2) is 17.7 Å². The summed E-state index contributed by atoms with van der Waals surface area (Å²) in [6.07, 6.45) is 2.49. The van der Waals surface area contributed by atoms with Crippen molar-refractivity contribution >= 4 is 36.9 Å². The molecule has 1 aliphatic rings. The number of carbonyl (C=O) groups excluding carboxylic acids is 4. The molecule has 57 heavy (non-hydrogen) atoms. The first-order valence-electron chi connectivity index (χ1n) is 19.0. The maximum atomic E-state index is 13.8. The van der Waals surface area contributed by atoms with Crippen LogP contribution in [0.15, 0.2) is 24.3 Å². The van der Waals surface area contributed by atoms with Gasteiger partial charge in [0.05, 0.1) is 84.7 Å². The third-order valence-corrected chi connectivity index (χ3v) is 10.8. The topological polar surface area (TPSA) is 289 Å². The summed E-state index contributed by atoms with van der Waals surface area (Å²) in [6.45, 7) is 3.47. The van der Waals surface area contributed by atoms with Crippen LogP contribution in [-0.2, 0) is 67.9 Å². The zero-order chi connectivity index (χ0) is 41.7. The molecule has 2 atom stereocenters. The Morgan fingerprint density at radius 2 is 1.23 bits per heavy atom. The van der Waals surface area contributed by atoms with Crippen molar-refractivity contribution in [1.82, 2.24) is 20.9 Å². The molecule has 326 valence electrons. The largest absolute Gasteiger partial charge is 0.377 e. The molecule has 0 saturated heterocycles. The molecule has 2 unspecified atom stereocenters. The number of nitrogens with one attached hydrogen (secondary N) is 4. The lowest BCUT2D eigenvalue weighted by molar-refractivity contribution is -0.131. The van der Waals surface area contributed by atoms with Crippen molar-refractivity contribution in [2.45, 2.75) is 51.2 Å². The lowest BCUT2D eigenvalue weighted by Crippen LogP contribution is -2.54. The first kappa shape index (κ1) is 50.0. The predicted molar refractivity (Wildman–Crippen MR) is 208 cm³/mol. The van der Waals surface area contributed by atoms with E-state index in [1.807, 2.05) is 0 Å². The fourth-order valence-corrected chi connectivity index (χ4v) is 6.92. The zero-order valence-corrected chi connectivity index (χ0v) is 34.0. The Morgan fingerprint density at radius 1 is 0.737 bits per heavy atom. The lowest BCUT2D eigenvalue weighted by Gasteiger charge is -2.30. The third kappa shape index (κ3) is 21.4. The van der Waals surface area contributed by atoms with Gasteiger partial charge < -0.3 is 59.0 Å². The molecule has 22 heteroatoms. The smallest absolute Gasteiger partial charge is 0.330 e. The highest BCUT2D eigenvalue weighted by Crippen LogP contribution is 2.50. The van der Waals surface area contributed by atoms with Gasteiger partial charge in [0, 0.05) is 44.5 Å². The van der Waals surface area contributed by atoms with Crippen LogP contribution in [0.3, 0.4) is 0 Å². The molecular formula is C35H63N8O13P. The van der Waals surface area contributed by atoms with Gasteiger partial charge in [-0.1, -0.05) is 19.1 Å². The molecule has 1 saturated carbocycles. The Labute approximate surface area is 334 Å². The molecule has 1 fully saturated rings. The maximum Gasteiger partial charge on any atom is 0.330 e. The molecule has 0 aromatic heterocycles. The first-order chi connectivity index (χ1) is 27.6. The molecule has 21 nitrogen and oxygen atoms in total. The summed E-state index contributed by atoms with van der Waals surface area (Å²) in [5.41, 5.74) is 1.27. The second-order valence-corrected chi connectivity index (χ2v) is 15.4. The molecule has 0 heterocycles. The van der Waals surface area contributed by atoms with E-state index in [2.05, 4.69) is 35.8 Å². The molecule has 0 spiro atoms. The van der Waals surface area contributed by atoms with Gasteiger partial charge >= 0.3 is 7.60 Å². The van der Waals surface area contributed by atoms with Crippen LogP contribution in [0.4, 0.5) is 5.69 Å². The van der Waals surface area contributed by atoms with Gasteiger partial charge in [-0.3, -0.25) is 28.6 Å². The molecule has 2 rings (SSSR count). The fraction of sp³-hybridized carbons (Fsp3) is 0.714. The first-order valence-corrected chi connectivity index (χ1v) is 20.8. The molecule has 4 amide bonds. The van der Waals surface area contributed by atoms with Gasteiger partial charge in [0.15, 0.2) is 0 Å². The van der Waals surface area contributed by atoms with E-state index in [0.717, 1.165) is 0 Å². The van der Waals surface area contributed by atoms with E-state index in [-0.39, 0.29) is 123 Å². The SMILES string of the molecule is CCP(=O)(OC)OC1CCC(C(=O)Nc2ccc(CC(C(=O)NCCOCCON)N(CC(=O)NCCOCCON)CC(=O)NCCOCCON)cc2)CC1. The van der Waals surface area contributed by atoms with E-state index in [1.54, 1.807) is 31.2 Å². The molecule has 1 aliphatic carbocycles. The molecule has 0 aliphatic heterocycles. The minimum absolute atomic E-state index is 0.111. The van der Waals surface area contributed by atoms with Crippen molar-refractivity contribution in [2.75, 3.05) is 111 Å². The van der Waals surface area contributed by atoms with Crippen molar-refractivity contribution in [2.24, 2.45) is 23.6 Å². The number of carbonyl (C=O) groups is 4. The van der Waals surface area contributed by atoms with Crippen molar-refractivity contribution < 1.29 is 61.5 Å². The Kier molecular flexibility index (Phi) is 26.3. The van der Waals surface area contributed by atoms with Crippen LogP contribution < -0.4 is 39.0 Å². The van der Waals surface area contributed by atoms with Crippen molar-refractivity contribution in [3.63, 3.8) is 0 Å². The number of benzene rings is 1. The van der Waals surface area contributed by atoms with E-state index in [9.17, 15) is 23.7 Å². The summed E-state index contributed by atoms with van der Waals surface area (Å²) in [4.78, 5) is 68.2. The average Bonchev–Trinajstić information content (AvgIpc) is 3.21. The van der Waals surface area contributed by atoms with Crippen LogP contribution in [0.25, 0.3) is 0 Å². The Hall–Kier alpha value is -3.15. The number of nitrogens with zero attached hydrogens (tertiary/aromatic N) is 1. The zero-order valence-electron chi connectivity index (χ0n) is 33.1. The van der Waals surface area contributed by atoms with Gasteiger partial charge in [-0.2, -0.15) is 0 Å². The second kappa shape index (κ2) is 30.0. The highest BCUT2D eigenvalue weighted by molar-refractivity contribution is 7.53. The van der Waals surface area contributed by atoms with Gasteiger partial charge in [0.2, 0.25) is 23.6 Å². The standard InChI is InChI=1S/C35H63N8O13P/c1-3-57(48,49-2)56-30-10-6-28(7-11-30)34(46)42-29-8-4-27(5-9-29)24-31(35(47)41-14-17-52-20-23-55-38)43(25-32(44)39-12-15-50-18-21-53-36)26-33(45)40-13-16-51-19-22-54-37/h4-5,8-9,28,30-31H,3,6-7,10-26,36-38H2,1-2H3,(H,39,44)(H,40,45)(H,41,47)(H,42,46). The minimum atomic E-state index is -3.12. The van der Waals surface area contributed by atoms with Crippen LogP contribution >= 0.6 is 7.60 Å². The predicted octanol–water partition coefficient (Wildman–Crippen LogP) is -0.658. The van der Waals surface area contributed by atoms with Crippen molar-refractivity contribution in [3.8, 4) is 0 Å². The third-order valence-electron chi connectivity index (χ3n) is 8.83. The summed E-state index contributed by atoms with van der Waals surface area (Å²) in [5, 5.41) is 11.3. The van der Waals surface area contributed by atoms with E-state index >= 15 is 0 Å². The number of rotatable bonds is 32. The van der Waals surface area contributed by atoms with Gasteiger partial charge in [-0.05, 0) is 49.8 Å². The Bertz CT molecular complexity index is 1300. The Balaban J connectivity index is 2.16. The van der Waals surface area contributed by atoms with E-state index in [4.69, 9.17) is 40.9 Å². The molecule has 1 aromatic carbocycles. The molecule has 1 aromatic rings. The highest BCUT2D eigenvalue weighted by atomic mass is 31.2. The van der Waals surface area contributed by atoms with Crippen LogP contribution in [0.5, 0.6) is 0 Å². The quantitative estimate of drug-likeness (QED) is 0.0269. The van der Waals surface area contributed by atoms with Gasteiger partial charge in [0.25, 0.3) is 0 Å². The average molecular weight is 835 g/mol. The van der Waals surface area contributed by atoms with Crippen LogP contribution in [0.2, 0.25) is 0 Å². The van der Waals surface area contributed by atoms with Crippen LogP contribution in [-0.4, -0.2) is 146 Å². The normalized spacial score (nSPS) is 17.1. The molecule has 10 N–H and O–H groups in total. The van der Waals surface area contributed by atoms with E-state index in [0.29, 0.717) is 36.9 Å². The number of hydrogen-bond donors (Lipinski definition) is 7. The minimum Gasteiger partial charge on any atom is -0.377 e. The van der Waals surface area contributed by atoms with Gasteiger partial charge in [-0.15, -0.1) is 0 Å². The summed E-state index contributed by atoms with van der Waals surface area (Å²) < 4.78 is 39.5. The van der Waals surface area contributed by atoms with E-state index < -0.39 is 31.4 Å². The van der Waals surface area contributed by atoms with Crippen molar-refractivity contribution in [1.29, 1.82) is 0 Å². The number of ether oxygens (including phenoxy) is 3. The van der Waals surface area contributed by atoms with Crippen molar-refractivity contribution in [3.05, 3.63) is 29.8 Å². The van der Waals surface area contributed by atoms with Crippen LogP contribution in [0, 0.1) is 5.92 Å².